The van der Waals surface area contributed by atoms with Gasteiger partial charge in [0.2, 0.25) is 5.89 Å². The van der Waals surface area contributed by atoms with Gasteiger partial charge in [-0.1, -0.05) is 17.7 Å². The Morgan fingerprint density at radius 1 is 1.17 bits per heavy atom. The summed E-state index contributed by atoms with van der Waals surface area (Å²) in [4.78, 5) is 24.7. The number of carbonyl (C=O) groups excluding carboxylic acids is 1. The lowest BCUT2D eigenvalue weighted by Crippen LogP contribution is -2.53. The summed E-state index contributed by atoms with van der Waals surface area (Å²) >= 11 is 0. The second kappa shape index (κ2) is 10.1. The molecule has 9 heteroatoms. The number of carbonyl (C=O) groups is 1. The fourth-order valence-electron chi connectivity index (χ4n) is 2.91. The van der Waals surface area contributed by atoms with Crippen LogP contribution in [-0.2, 0) is 11.3 Å². The Morgan fingerprint density at radius 2 is 1.77 bits per heavy atom. The maximum Gasteiger partial charge on any atom is 0.410 e. The van der Waals surface area contributed by atoms with E-state index in [0.717, 1.165) is 11.3 Å². The lowest BCUT2D eigenvalue weighted by Gasteiger charge is -2.36. The van der Waals surface area contributed by atoms with Crippen molar-refractivity contribution >= 4 is 36.0 Å². The standard InChI is InChI=1S/C21H29N5O3.HI/c1-15-5-7-16(8-6-15)18-24-17(14-28-18)13-23-19(22)25-9-11-26(12-10-25)20(27)29-21(2,3)4;/h5-8,14H,9-13H2,1-4H3,(H2,22,23);1H. The molecule has 0 radical (unpaired) electrons. The van der Waals surface area contributed by atoms with E-state index in [-0.39, 0.29) is 30.1 Å². The van der Waals surface area contributed by atoms with Crippen LogP contribution in [0.5, 0.6) is 0 Å². The molecule has 1 amide bonds. The molecule has 2 aromatic rings. The highest BCUT2D eigenvalue weighted by Gasteiger charge is 2.26. The summed E-state index contributed by atoms with van der Waals surface area (Å²) in [6.45, 7) is 10.3. The van der Waals surface area contributed by atoms with Crippen LogP contribution in [0.1, 0.15) is 32.0 Å². The number of halogens is 1. The van der Waals surface area contributed by atoms with Crippen LogP contribution in [-0.4, -0.2) is 58.6 Å². The summed E-state index contributed by atoms with van der Waals surface area (Å²) in [5.74, 6) is 1.01. The third kappa shape index (κ3) is 6.61. The van der Waals surface area contributed by atoms with Crippen LogP contribution in [0.25, 0.3) is 11.5 Å². The number of guanidine groups is 1. The van der Waals surface area contributed by atoms with Gasteiger partial charge in [-0.2, -0.15) is 0 Å². The van der Waals surface area contributed by atoms with Crippen molar-refractivity contribution in [2.45, 2.75) is 39.8 Å². The number of hydrogen-bond donors (Lipinski definition) is 1. The van der Waals surface area contributed by atoms with E-state index in [4.69, 9.17) is 14.9 Å². The number of ether oxygens (including phenoxy) is 1. The van der Waals surface area contributed by atoms with E-state index < -0.39 is 5.60 Å². The molecule has 8 nitrogen and oxygen atoms in total. The van der Waals surface area contributed by atoms with E-state index in [9.17, 15) is 4.79 Å². The number of aryl methyl sites for hydroxylation is 1. The average Bonchev–Trinajstić information content (AvgIpc) is 3.14. The van der Waals surface area contributed by atoms with Crippen molar-refractivity contribution < 1.29 is 13.9 Å². The SMILES string of the molecule is Cc1ccc(-c2nc(CN=C(N)N3CCN(C(=O)OC(C)(C)C)CC3)co2)cc1.I. The molecule has 1 aromatic carbocycles. The zero-order valence-corrected chi connectivity index (χ0v) is 20.3. The van der Waals surface area contributed by atoms with Gasteiger partial charge < -0.3 is 24.7 Å². The number of benzene rings is 1. The Labute approximate surface area is 194 Å². The minimum atomic E-state index is -0.496. The van der Waals surface area contributed by atoms with Gasteiger partial charge in [0.05, 0.1) is 6.54 Å². The van der Waals surface area contributed by atoms with Crippen LogP contribution in [0.2, 0.25) is 0 Å². The molecular weight excluding hydrogens is 497 g/mol. The van der Waals surface area contributed by atoms with Crippen molar-refractivity contribution in [1.29, 1.82) is 0 Å². The van der Waals surface area contributed by atoms with Gasteiger partial charge in [0.15, 0.2) is 5.96 Å². The van der Waals surface area contributed by atoms with Crippen molar-refractivity contribution in [1.82, 2.24) is 14.8 Å². The van der Waals surface area contributed by atoms with E-state index in [1.807, 2.05) is 56.9 Å². The Balaban J connectivity index is 0.00000320. The Morgan fingerprint density at radius 3 is 2.37 bits per heavy atom. The van der Waals surface area contributed by atoms with Crippen molar-refractivity contribution in [3.8, 4) is 11.5 Å². The van der Waals surface area contributed by atoms with Crippen LogP contribution in [0.4, 0.5) is 4.79 Å². The number of nitrogens with two attached hydrogens (primary N) is 1. The van der Waals surface area contributed by atoms with Gasteiger partial charge in [0.1, 0.15) is 17.6 Å². The van der Waals surface area contributed by atoms with Gasteiger partial charge in [0, 0.05) is 31.7 Å². The van der Waals surface area contributed by atoms with Crippen molar-refractivity contribution in [2.75, 3.05) is 26.2 Å². The Hall–Kier alpha value is -2.30. The minimum absolute atomic E-state index is 0. The number of aromatic nitrogens is 1. The molecular formula is C21H30IN5O3. The summed E-state index contributed by atoms with van der Waals surface area (Å²) in [6.07, 6.45) is 1.31. The maximum absolute atomic E-state index is 12.1. The number of oxazole rings is 1. The lowest BCUT2D eigenvalue weighted by atomic mass is 10.1. The summed E-state index contributed by atoms with van der Waals surface area (Å²) in [5.41, 5.74) is 8.47. The number of amides is 1. The first-order chi connectivity index (χ1) is 13.7. The van der Waals surface area contributed by atoms with Gasteiger partial charge >= 0.3 is 6.09 Å². The summed E-state index contributed by atoms with van der Waals surface area (Å²) < 4.78 is 11.0. The smallest absolute Gasteiger partial charge is 0.410 e. The normalized spacial score (nSPS) is 15.0. The third-order valence-corrected chi connectivity index (χ3v) is 4.51. The molecule has 164 valence electrons. The zero-order valence-electron chi connectivity index (χ0n) is 17.9. The van der Waals surface area contributed by atoms with E-state index >= 15 is 0 Å². The van der Waals surface area contributed by atoms with Crippen molar-refractivity contribution in [3.63, 3.8) is 0 Å². The van der Waals surface area contributed by atoms with Crippen molar-refractivity contribution in [2.24, 2.45) is 10.7 Å². The highest BCUT2D eigenvalue weighted by molar-refractivity contribution is 14.0. The van der Waals surface area contributed by atoms with Crippen LogP contribution in [0.3, 0.4) is 0 Å². The molecule has 0 bridgehead atoms. The molecule has 0 unspecified atom stereocenters. The molecule has 1 aliphatic heterocycles. The van der Waals surface area contributed by atoms with Gasteiger partial charge in [-0.05, 0) is 39.8 Å². The lowest BCUT2D eigenvalue weighted by molar-refractivity contribution is 0.0186. The molecule has 2 N–H and O–H groups in total. The van der Waals surface area contributed by atoms with Gasteiger partial charge in [0.25, 0.3) is 0 Å². The van der Waals surface area contributed by atoms with E-state index in [0.29, 0.717) is 44.6 Å². The highest BCUT2D eigenvalue weighted by Crippen LogP contribution is 2.19. The molecule has 0 saturated carbocycles. The number of aliphatic imine (C=N–C) groups is 1. The predicted molar refractivity (Wildman–Crippen MR) is 127 cm³/mol. The monoisotopic (exact) mass is 527 g/mol. The van der Waals surface area contributed by atoms with Gasteiger partial charge in [-0.25, -0.2) is 14.8 Å². The zero-order chi connectivity index (χ0) is 21.0. The summed E-state index contributed by atoms with van der Waals surface area (Å²) in [7, 11) is 0. The molecule has 30 heavy (non-hydrogen) atoms. The topological polar surface area (TPSA) is 97.2 Å². The molecule has 1 aromatic heterocycles. The van der Waals surface area contributed by atoms with Crippen LogP contribution >= 0.6 is 24.0 Å². The highest BCUT2D eigenvalue weighted by atomic mass is 127. The average molecular weight is 527 g/mol. The molecule has 1 fully saturated rings. The molecule has 1 aliphatic rings. The van der Waals surface area contributed by atoms with E-state index in [1.54, 1.807) is 11.2 Å². The fraction of sp³-hybridized carbons (Fsp3) is 0.476. The second-order valence-corrected chi connectivity index (χ2v) is 8.14. The number of hydrogen-bond acceptors (Lipinski definition) is 5. The molecule has 0 atom stereocenters. The van der Waals surface area contributed by atoms with Crippen LogP contribution in [0, 0.1) is 6.92 Å². The molecule has 1 saturated heterocycles. The third-order valence-electron chi connectivity index (χ3n) is 4.51. The molecule has 0 spiro atoms. The van der Waals surface area contributed by atoms with Crippen molar-refractivity contribution in [3.05, 3.63) is 41.8 Å². The van der Waals surface area contributed by atoms with Gasteiger partial charge in [-0.15, -0.1) is 24.0 Å². The largest absolute Gasteiger partial charge is 0.444 e. The Kier molecular flexibility index (Phi) is 8.10. The molecule has 2 heterocycles. The Bertz CT molecular complexity index is 866. The van der Waals surface area contributed by atoms with Crippen LogP contribution < -0.4 is 5.73 Å². The molecule has 0 aliphatic carbocycles. The van der Waals surface area contributed by atoms with Gasteiger partial charge in [-0.3, -0.25) is 0 Å². The first-order valence-corrected chi connectivity index (χ1v) is 9.75. The van der Waals surface area contributed by atoms with Crippen LogP contribution in [0.15, 0.2) is 39.9 Å². The summed E-state index contributed by atoms with van der Waals surface area (Å²) in [5, 5.41) is 0. The first kappa shape index (κ1) is 24.0. The van der Waals surface area contributed by atoms with E-state index in [2.05, 4.69) is 9.98 Å². The van der Waals surface area contributed by atoms with E-state index in [1.165, 1.54) is 5.56 Å². The number of nitrogens with zero attached hydrogens (tertiary/aromatic N) is 4. The minimum Gasteiger partial charge on any atom is -0.444 e. The molecule has 3 rings (SSSR count). The number of piperazine rings is 1. The quantitative estimate of drug-likeness (QED) is 0.372. The maximum atomic E-state index is 12.1. The first-order valence-electron chi connectivity index (χ1n) is 9.75. The fourth-order valence-corrected chi connectivity index (χ4v) is 2.91. The predicted octanol–water partition coefficient (Wildman–Crippen LogP) is 3.64. The summed E-state index contributed by atoms with van der Waals surface area (Å²) in [6, 6.07) is 8.00. The number of rotatable bonds is 3. The second-order valence-electron chi connectivity index (χ2n) is 8.14.